The minimum atomic E-state index is -0.348. The fourth-order valence-electron chi connectivity index (χ4n) is 2.24. The number of likely N-dealkylation sites (tertiary alicyclic amines) is 1. The summed E-state index contributed by atoms with van der Waals surface area (Å²) in [5, 5.41) is 3.24. The number of nitrogens with one attached hydrogen (secondary N) is 1. The van der Waals surface area contributed by atoms with Crippen LogP contribution in [-0.4, -0.2) is 62.4 Å². The van der Waals surface area contributed by atoms with Crippen LogP contribution >= 0.6 is 0 Å². The first-order chi connectivity index (χ1) is 8.27. The smallest absolute Gasteiger partial charge is 0.251 e. The molecule has 2 fully saturated rings. The van der Waals surface area contributed by atoms with Crippen LogP contribution in [-0.2, 0) is 14.3 Å². The third kappa shape index (κ3) is 3.66. The summed E-state index contributed by atoms with van der Waals surface area (Å²) >= 11 is 0. The second-order valence-corrected chi connectivity index (χ2v) is 4.70. The number of carbonyl (C=O) groups is 1. The van der Waals surface area contributed by atoms with Gasteiger partial charge in [0, 0.05) is 26.2 Å². The van der Waals surface area contributed by atoms with Crippen molar-refractivity contribution < 1.29 is 14.3 Å². The molecule has 17 heavy (non-hydrogen) atoms. The highest BCUT2D eigenvalue weighted by Crippen LogP contribution is 2.11. The van der Waals surface area contributed by atoms with E-state index < -0.39 is 0 Å². The van der Waals surface area contributed by atoms with E-state index in [1.165, 1.54) is 0 Å². The van der Waals surface area contributed by atoms with E-state index in [4.69, 9.17) is 9.47 Å². The van der Waals surface area contributed by atoms with Gasteiger partial charge in [-0.05, 0) is 19.8 Å². The third-order valence-electron chi connectivity index (χ3n) is 3.30. The molecule has 0 saturated carbocycles. The van der Waals surface area contributed by atoms with Crippen LogP contribution in [0.25, 0.3) is 0 Å². The molecule has 2 saturated heterocycles. The number of morpholine rings is 1. The monoisotopic (exact) mass is 242 g/mol. The summed E-state index contributed by atoms with van der Waals surface area (Å²) in [4.78, 5) is 13.9. The zero-order valence-corrected chi connectivity index (χ0v) is 10.5. The Morgan fingerprint density at radius 2 is 2.29 bits per heavy atom. The summed E-state index contributed by atoms with van der Waals surface area (Å²) in [6.07, 6.45) is 1.97. The van der Waals surface area contributed by atoms with Crippen LogP contribution in [0.5, 0.6) is 0 Å². The van der Waals surface area contributed by atoms with E-state index in [2.05, 4.69) is 5.32 Å². The van der Waals surface area contributed by atoms with Crippen LogP contribution < -0.4 is 5.32 Å². The third-order valence-corrected chi connectivity index (χ3v) is 3.30. The zero-order valence-electron chi connectivity index (χ0n) is 10.5. The zero-order chi connectivity index (χ0) is 12.1. The Kier molecular flexibility index (Phi) is 4.76. The van der Waals surface area contributed by atoms with Gasteiger partial charge < -0.3 is 19.7 Å². The molecule has 0 spiro atoms. The summed E-state index contributed by atoms with van der Waals surface area (Å²) in [7, 11) is 0. The molecule has 2 rings (SSSR count). The lowest BCUT2D eigenvalue weighted by Gasteiger charge is -2.26. The van der Waals surface area contributed by atoms with Crippen molar-refractivity contribution in [2.75, 3.05) is 39.4 Å². The highest BCUT2D eigenvalue weighted by Gasteiger charge is 2.24. The first-order valence-corrected chi connectivity index (χ1v) is 6.50. The Bertz CT molecular complexity index is 248. The fraction of sp³-hybridized carbons (Fsp3) is 0.917. The predicted molar refractivity (Wildman–Crippen MR) is 63.8 cm³/mol. The molecular formula is C12H22N2O3. The van der Waals surface area contributed by atoms with Gasteiger partial charge in [-0.25, -0.2) is 0 Å². The van der Waals surface area contributed by atoms with Crippen molar-refractivity contribution in [3.05, 3.63) is 0 Å². The maximum absolute atomic E-state index is 12.0. The van der Waals surface area contributed by atoms with E-state index in [0.29, 0.717) is 6.61 Å². The molecule has 98 valence electrons. The maximum Gasteiger partial charge on any atom is 0.251 e. The average molecular weight is 242 g/mol. The second kappa shape index (κ2) is 6.33. The molecule has 0 aliphatic carbocycles. The van der Waals surface area contributed by atoms with Crippen molar-refractivity contribution in [3.63, 3.8) is 0 Å². The van der Waals surface area contributed by atoms with E-state index in [1.54, 1.807) is 0 Å². The largest absolute Gasteiger partial charge is 0.373 e. The quantitative estimate of drug-likeness (QED) is 0.754. The van der Waals surface area contributed by atoms with Crippen molar-refractivity contribution in [1.29, 1.82) is 0 Å². The van der Waals surface area contributed by atoms with Gasteiger partial charge in [0.05, 0.1) is 19.3 Å². The van der Waals surface area contributed by atoms with Crippen molar-refractivity contribution in [1.82, 2.24) is 10.2 Å². The van der Waals surface area contributed by atoms with E-state index in [0.717, 1.165) is 45.6 Å². The lowest BCUT2D eigenvalue weighted by Crippen LogP contribution is -2.43. The number of hydrogen-bond donors (Lipinski definition) is 1. The molecule has 2 atom stereocenters. The van der Waals surface area contributed by atoms with E-state index >= 15 is 0 Å². The Balaban J connectivity index is 1.68. The lowest BCUT2D eigenvalue weighted by atomic mass is 10.3. The molecule has 0 bridgehead atoms. The molecule has 0 aromatic heterocycles. The second-order valence-electron chi connectivity index (χ2n) is 4.70. The summed E-state index contributed by atoms with van der Waals surface area (Å²) in [6, 6.07) is 0. The number of nitrogens with zero attached hydrogens (tertiary/aromatic N) is 1. The molecule has 0 aromatic rings. The lowest BCUT2D eigenvalue weighted by molar-refractivity contribution is -0.144. The molecule has 5 nitrogen and oxygen atoms in total. The van der Waals surface area contributed by atoms with Crippen molar-refractivity contribution in [3.8, 4) is 0 Å². The van der Waals surface area contributed by atoms with Crippen LogP contribution in [0.2, 0.25) is 0 Å². The average Bonchev–Trinajstić information content (AvgIpc) is 2.90. The molecule has 1 N–H and O–H groups in total. The highest BCUT2D eigenvalue weighted by molar-refractivity contribution is 5.80. The van der Waals surface area contributed by atoms with Crippen molar-refractivity contribution in [2.45, 2.75) is 32.0 Å². The predicted octanol–water partition coefficient (Wildman–Crippen LogP) is 0.00230. The standard InChI is InChI=1S/C12H22N2O3/c1-10(12(15)14-5-2-3-6-14)17-9-11-8-13-4-7-16-11/h10-11,13H,2-9H2,1H3. The molecule has 2 aliphatic rings. The SMILES string of the molecule is CC(OCC1CNCCO1)C(=O)N1CCCC1. The molecule has 2 aliphatic heterocycles. The number of carbonyl (C=O) groups excluding carboxylic acids is 1. The molecule has 1 amide bonds. The van der Waals surface area contributed by atoms with Gasteiger partial charge in [-0.3, -0.25) is 4.79 Å². The molecule has 2 heterocycles. The van der Waals surface area contributed by atoms with Gasteiger partial charge in [0.25, 0.3) is 5.91 Å². The van der Waals surface area contributed by atoms with Crippen LogP contribution in [0, 0.1) is 0 Å². The van der Waals surface area contributed by atoms with Crippen LogP contribution in [0.4, 0.5) is 0 Å². The van der Waals surface area contributed by atoms with E-state index in [9.17, 15) is 4.79 Å². The molecular weight excluding hydrogens is 220 g/mol. The summed E-state index contributed by atoms with van der Waals surface area (Å²) in [5.41, 5.74) is 0. The number of ether oxygens (including phenoxy) is 2. The number of amides is 1. The first-order valence-electron chi connectivity index (χ1n) is 6.50. The van der Waals surface area contributed by atoms with Gasteiger partial charge >= 0.3 is 0 Å². The van der Waals surface area contributed by atoms with Gasteiger partial charge in [-0.1, -0.05) is 0 Å². The van der Waals surface area contributed by atoms with Gasteiger partial charge in [0.2, 0.25) is 0 Å². The van der Waals surface area contributed by atoms with E-state index in [-0.39, 0.29) is 18.1 Å². The Hall–Kier alpha value is -0.650. The van der Waals surface area contributed by atoms with Crippen molar-refractivity contribution >= 4 is 5.91 Å². The molecule has 0 aromatic carbocycles. The molecule has 2 unspecified atom stereocenters. The summed E-state index contributed by atoms with van der Waals surface area (Å²) in [5.74, 6) is 0.117. The van der Waals surface area contributed by atoms with Gasteiger partial charge in [-0.15, -0.1) is 0 Å². The highest BCUT2D eigenvalue weighted by atomic mass is 16.5. The normalized spacial score (nSPS) is 27.1. The molecule has 5 heteroatoms. The minimum Gasteiger partial charge on any atom is -0.373 e. The summed E-state index contributed by atoms with van der Waals surface area (Å²) in [6.45, 7) is 6.53. The number of rotatable bonds is 4. The van der Waals surface area contributed by atoms with Crippen LogP contribution in [0.3, 0.4) is 0 Å². The Labute approximate surface area is 102 Å². The van der Waals surface area contributed by atoms with Crippen LogP contribution in [0.15, 0.2) is 0 Å². The first kappa shape index (κ1) is 12.8. The minimum absolute atomic E-state index is 0.0811. The Morgan fingerprint density at radius 3 is 2.94 bits per heavy atom. The van der Waals surface area contributed by atoms with Gasteiger partial charge in [-0.2, -0.15) is 0 Å². The Morgan fingerprint density at radius 1 is 1.53 bits per heavy atom. The fourth-order valence-corrected chi connectivity index (χ4v) is 2.24. The van der Waals surface area contributed by atoms with Gasteiger partial charge in [0.15, 0.2) is 0 Å². The van der Waals surface area contributed by atoms with E-state index in [1.807, 2.05) is 11.8 Å². The van der Waals surface area contributed by atoms with Crippen molar-refractivity contribution in [2.24, 2.45) is 0 Å². The maximum atomic E-state index is 12.0. The van der Waals surface area contributed by atoms with Gasteiger partial charge in [0.1, 0.15) is 6.10 Å². The molecule has 0 radical (unpaired) electrons. The van der Waals surface area contributed by atoms with Crippen LogP contribution in [0.1, 0.15) is 19.8 Å². The summed E-state index contributed by atoms with van der Waals surface area (Å²) < 4.78 is 11.1. The topological polar surface area (TPSA) is 50.8 Å². The number of hydrogen-bond acceptors (Lipinski definition) is 4.